The van der Waals surface area contributed by atoms with Crippen LogP contribution in [0.15, 0.2) is 31.4 Å². The van der Waals surface area contributed by atoms with Crippen LogP contribution in [0.3, 0.4) is 0 Å². The third-order valence-corrected chi connectivity index (χ3v) is 9.27. The minimum absolute atomic E-state index is 0. The Morgan fingerprint density at radius 1 is 1.36 bits per heavy atom. The van der Waals surface area contributed by atoms with Crippen LogP contribution < -0.4 is 44.8 Å². The third-order valence-electron chi connectivity index (χ3n) is 5.29. The van der Waals surface area contributed by atoms with Gasteiger partial charge in [0.1, 0.15) is 18.5 Å². The first-order valence-corrected chi connectivity index (χ1v) is 15.2. The molecular formula is C18H20N9NaO7S4. The summed E-state index contributed by atoms with van der Waals surface area (Å²) in [6.45, 7) is 0. The number of aryl methyl sites for hydroxylation is 1. The molecule has 2 aromatic heterocycles. The van der Waals surface area contributed by atoms with Crippen molar-refractivity contribution in [3.63, 3.8) is 0 Å². The van der Waals surface area contributed by atoms with Gasteiger partial charge in [0, 0.05) is 31.0 Å². The number of fused-ring (bicyclic) bond motifs is 1. The Morgan fingerprint density at radius 3 is 2.67 bits per heavy atom. The molecule has 21 heteroatoms. The molecule has 0 aliphatic carbocycles. The van der Waals surface area contributed by atoms with Crippen LogP contribution >= 0.6 is 34.9 Å². The fraction of sp³-hybridized carbons (Fsp3) is 0.444. The van der Waals surface area contributed by atoms with Crippen LogP contribution in [0, 0.1) is 0 Å². The van der Waals surface area contributed by atoms with Gasteiger partial charge in [0.2, 0.25) is 9.96 Å². The van der Waals surface area contributed by atoms with E-state index in [1.54, 1.807) is 7.05 Å². The summed E-state index contributed by atoms with van der Waals surface area (Å²) in [5, 5.41) is 30.7. The number of carbonyl (C=O) groups excluding carboxylic acids is 3. The number of thioether (sulfide) groups is 2. The molecule has 39 heavy (non-hydrogen) atoms. The number of hydrogen-bond acceptors (Lipinski definition) is 14. The van der Waals surface area contributed by atoms with Crippen LogP contribution in [0.2, 0.25) is 0 Å². The number of carboxylic acid groups (broad SMARTS) is 1. The van der Waals surface area contributed by atoms with E-state index in [1.165, 1.54) is 52.3 Å². The van der Waals surface area contributed by atoms with Gasteiger partial charge >= 0.3 is 29.6 Å². The second-order valence-electron chi connectivity index (χ2n) is 7.88. The van der Waals surface area contributed by atoms with Crippen LogP contribution in [-0.4, -0.2) is 97.9 Å². The normalized spacial score (nSPS) is 19.8. The minimum atomic E-state index is -3.69. The zero-order valence-corrected chi connectivity index (χ0v) is 26.5. The fourth-order valence-corrected chi connectivity index (χ4v) is 7.65. The monoisotopic (exact) mass is 625 g/mol. The summed E-state index contributed by atoms with van der Waals surface area (Å²) >= 11 is 3.47. The van der Waals surface area contributed by atoms with Crippen molar-refractivity contribution >= 4 is 68.4 Å². The van der Waals surface area contributed by atoms with Crippen molar-refractivity contribution in [1.29, 1.82) is 0 Å². The minimum Gasteiger partial charge on any atom is -0.543 e. The predicted octanol–water partition coefficient (Wildman–Crippen LogP) is -5.98. The van der Waals surface area contributed by atoms with Crippen molar-refractivity contribution in [2.45, 2.75) is 16.6 Å². The number of amides is 2. The van der Waals surface area contributed by atoms with Crippen LogP contribution in [0.4, 0.5) is 0 Å². The van der Waals surface area contributed by atoms with E-state index in [9.17, 15) is 27.9 Å². The first-order chi connectivity index (χ1) is 17.9. The van der Waals surface area contributed by atoms with Gasteiger partial charge in [-0.15, -0.1) is 32.6 Å². The molecule has 204 valence electrons. The molecule has 0 radical (unpaired) electrons. The van der Waals surface area contributed by atoms with Crippen molar-refractivity contribution in [2.75, 3.05) is 24.9 Å². The Bertz CT molecular complexity index is 1550. The number of nitrogens with zero attached hydrogens (tertiary/aromatic N) is 8. The molecule has 1 unspecified atom stereocenters. The number of nitrogens with one attached hydrogen (secondary N) is 1. The van der Waals surface area contributed by atoms with Gasteiger partial charge in [0.25, 0.3) is 21.8 Å². The van der Waals surface area contributed by atoms with Crippen LogP contribution in [0.5, 0.6) is 0 Å². The van der Waals surface area contributed by atoms with E-state index in [0.29, 0.717) is 10.7 Å². The van der Waals surface area contributed by atoms with Gasteiger partial charge in [-0.2, -0.15) is 0 Å². The molecule has 2 aromatic rings. The number of rotatable bonds is 9. The number of aliphatic carboxylic acids is 1. The SMILES string of the molecule is CO/N=C(/C(=O)NC1C(=O)N2C(C(=O)[O-])=C(CSc3nnnn3C)CS[C@H]12)c1cs/c(=N\S(C)(=O)=O)n1C.[Na+]. The predicted molar refractivity (Wildman–Crippen MR) is 134 cm³/mol. The number of sulfonamides is 1. The van der Waals surface area contributed by atoms with Gasteiger partial charge in [-0.05, 0) is 16.0 Å². The summed E-state index contributed by atoms with van der Waals surface area (Å²) in [7, 11) is 0.670. The van der Waals surface area contributed by atoms with E-state index in [0.717, 1.165) is 22.5 Å². The Kier molecular flexibility index (Phi) is 10.0. The standard InChI is InChI=1S/C18H21N9O7S4.Na/c1-25-9(7-37-18(25)22-38(4,32)33)10(21-34-3)13(28)19-11-14(29)27-12(16(30)31)8(5-35-15(11)27)6-36-17-20-23-24-26(17)2;/h7,11,15H,5-6H2,1-4H3,(H,19,28)(H,30,31);/q;+1/p-1/b21-10+,22-18-;/t11?,15-;/m1./s1. The maximum Gasteiger partial charge on any atom is 1.00 e. The van der Waals surface area contributed by atoms with Gasteiger partial charge in [-0.1, -0.05) is 16.9 Å². The number of carboxylic acids is 1. The van der Waals surface area contributed by atoms with Crippen LogP contribution in [-0.2, 0) is 43.3 Å². The first kappa shape index (κ1) is 31.3. The van der Waals surface area contributed by atoms with Crippen molar-refractivity contribution < 1.29 is 62.3 Å². The average Bonchev–Trinajstić information content (AvgIpc) is 3.42. The number of tetrazole rings is 1. The van der Waals surface area contributed by atoms with Crippen LogP contribution in [0.25, 0.3) is 0 Å². The molecule has 0 bridgehead atoms. The molecule has 16 nitrogen and oxygen atoms in total. The number of thiazole rings is 1. The van der Waals surface area contributed by atoms with Gasteiger partial charge in [0.05, 0.1) is 23.6 Å². The fourth-order valence-electron chi connectivity index (χ4n) is 3.59. The summed E-state index contributed by atoms with van der Waals surface area (Å²) in [6.07, 6.45) is 0.936. The molecule has 2 amide bonds. The van der Waals surface area contributed by atoms with Crippen LogP contribution in [0.1, 0.15) is 5.69 Å². The average molecular weight is 626 g/mol. The Labute approximate surface area is 256 Å². The summed E-state index contributed by atoms with van der Waals surface area (Å²) in [6, 6.07) is -1.04. The zero-order valence-electron chi connectivity index (χ0n) is 21.2. The van der Waals surface area contributed by atoms with E-state index in [1.807, 2.05) is 0 Å². The quantitative estimate of drug-likeness (QED) is 0.0909. The second-order valence-corrected chi connectivity index (χ2v) is 12.4. The maximum atomic E-state index is 13.1. The molecular weight excluding hydrogens is 606 g/mol. The molecule has 2 aliphatic rings. The van der Waals surface area contributed by atoms with E-state index in [2.05, 4.69) is 30.4 Å². The summed E-state index contributed by atoms with van der Waals surface area (Å²) in [4.78, 5) is 44.1. The molecule has 1 saturated heterocycles. The number of aromatic nitrogens is 5. The maximum absolute atomic E-state index is 13.1. The first-order valence-electron chi connectivity index (χ1n) is 10.5. The van der Waals surface area contributed by atoms with E-state index in [4.69, 9.17) is 4.84 Å². The molecule has 2 aliphatic heterocycles. The smallest absolute Gasteiger partial charge is 0.543 e. The Hall–Kier alpha value is -2.23. The Morgan fingerprint density at radius 2 is 2.08 bits per heavy atom. The number of β-lactam (4-membered cyclic amide) rings is 1. The molecule has 0 saturated carbocycles. The molecule has 1 N–H and O–H groups in total. The number of carbonyl (C=O) groups is 3. The Balaban J connectivity index is 0.00000420. The van der Waals surface area contributed by atoms with Crippen molar-refractivity contribution in [3.8, 4) is 0 Å². The summed E-state index contributed by atoms with van der Waals surface area (Å²) in [5.74, 6) is -2.42. The molecule has 0 spiro atoms. The molecule has 4 heterocycles. The van der Waals surface area contributed by atoms with Gasteiger partial charge in [0.15, 0.2) is 5.71 Å². The van der Waals surface area contributed by atoms with E-state index in [-0.39, 0.29) is 63.0 Å². The molecule has 2 atom stereocenters. The molecule has 1 fully saturated rings. The van der Waals surface area contributed by atoms with Crippen molar-refractivity contribution in [2.24, 2.45) is 23.6 Å². The molecule has 0 aromatic carbocycles. The third kappa shape index (κ3) is 6.57. The van der Waals surface area contributed by atoms with Gasteiger partial charge < -0.3 is 24.6 Å². The van der Waals surface area contributed by atoms with Crippen molar-refractivity contribution in [1.82, 2.24) is 35.0 Å². The zero-order chi connectivity index (χ0) is 27.8. The van der Waals surface area contributed by atoms with E-state index >= 15 is 0 Å². The van der Waals surface area contributed by atoms with Gasteiger partial charge in [-0.25, -0.2) is 13.1 Å². The second kappa shape index (κ2) is 12.5. The largest absolute Gasteiger partial charge is 1.00 e. The molecule has 4 rings (SSSR count). The summed E-state index contributed by atoms with van der Waals surface area (Å²) < 4.78 is 29.5. The topological polar surface area (TPSA) is 206 Å². The summed E-state index contributed by atoms with van der Waals surface area (Å²) in [5.41, 5.74) is 0.197. The van der Waals surface area contributed by atoms with Gasteiger partial charge in [-0.3, -0.25) is 14.5 Å². The van der Waals surface area contributed by atoms with Crippen molar-refractivity contribution in [3.05, 3.63) is 27.1 Å². The number of hydrogen-bond donors (Lipinski definition) is 1. The number of oxime groups is 1. The van der Waals surface area contributed by atoms with E-state index < -0.39 is 39.2 Å².